The average molecular weight is 315 g/mol. The number of amides is 1. The molecule has 1 amide bonds. The number of aromatic amines is 1. The maximum absolute atomic E-state index is 12.5. The zero-order valence-electron chi connectivity index (χ0n) is 14.0. The van der Waals surface area contributed by atoms with Gasteiger partial charge in [0.1, 0.15) is 0 Å². The molecule has 0 aromatic carbocycles. The largest absolute Gasteiger partial charge is 0.342 e. The molecule has 0 saturated carbocycles. The third-order valence-corrected chi connectivity index (χ3v) is 4.63. The number of hydrogen-bond acceptors (Lipinski definition) is 3. The lowest BCUT2D eigenvalue weighted by atomic mass is 9.92. The Kier molecular flexibility index (Phi) is 4.79. The van der Waals surface area contributed by atoms with Gasteiger partial charge in [0.2, 0.25) is 5.91 Å². The molecule has 124 valence electrons. The number of carbonyl (C=O) groups excluding carboxylic acids is 1. The van der Waals surface area contributed by atoms with Gasteiger partial charge in [0, 0.05) is 37.9 Å². The molecule has 2 aromatic heterocycles. The van der Waals surface area contributed by atoms with Crippen LogP contribution in [0.1, 0.15) is 36.2 Å². The Morgan fingerprint density at radius 1 is 1.43 bits per heavy atom. The second kappa shape index (κ2) is 6.98. The highest BCUT2D eigenvalue weighted by Crippen LogP contribution is 2.21. The normalized spacial score (nSPS) is 18.3. The van der Waals surface area contributed by atoms with Gasteiger partial charge < -0.3 is 4.90 Å². The minimum absolute atomic E-state index is 0.240. The molecule has 1 fully saturated rings. The number of carbonyl (C=O) groups is 1. The Hall–Kier alpha value is -2.11. The molecule has 23 heavy (non-hydrogen) atoms. The van der Waals surface area contributed by atoms with Gasteiger partial charge in [-0.1, -0.05) is 0 Å². The summed E-state index contributed by atoms with van der Waals surface area (Å²) in [6.45, 7) is 6.44. The second-order valence-corrected chi connectivity index (χ2v) is 6.55. The van der Waals surface area contributed by atoms with E-state index in [0.29, 0.717) is 18.9 Å². The van der Waals surface area contributed by atoms with Crippen molar-refractivity contribution < 1.29 is 4.79 Å². The lowest BCUT2D eigenvalue weighted by molar-refractivity contribution is -0.133. The minimum Gasteiger partial charge on any atom is -0.342 e. The van der Waals surface area contributed by atoms with Gasteiger partial charge in [-0.2, -0.15) is 10.2 Å². The summed E-state index contributed by atoms with van der Waals surface area (Å²) in [5.41, 5.74) is 3.41. The lowest BCUT2D eigenvalue weighted by Gasteiger charge is -2.33. The summed E-state index contributed by atoms with van der Waals surface area (Å²) in [7, 11) is 0. The van der Waals surface area contributed by atoms with Crippen LogP contribution in [0.2, 0.25) is 0 Å². The smallest absolute Gasteiger partial charge is 0.224 e. The quantitative estimate of drug-likeness (QED) is 0.919. The van der Waals surface area contributed by atoms with Crippen LogP contribution in [0.25, 0.3) is 0 Å². The molecule has 1 aliphatic heterocycles. The molecule has 0 radical (unpaired) electrons. The SMILES string of the molecule is Cc1ccn(CCC(=O)N2CCC[C@@H](Cc3[nH]ncc3C)C2)n1. The summed E-state index contributed by atoms with van der Waals surface area (Å²) >= 11 is 0. The summed E-state index contributed by atoms with van der Waals surface area (Å²) in [4.78, 5) is 14.5. The molecule has 3 heterocycles. The van der Waals surface area contributed by atoms with Crippen LogP contribution >= 0.6 is 0 Å². The number of H-pyrrole nitrogens is 1. The Bertz CT molecular complexity index is 659. The maximum atomic E-state index is 12.5. The fraction of sp³-hybridized carbons (Fsp3) is 0.588. The molecule has 6 heteroatoms. The number of aryl methyl sites for hydroxylation is 3. The van der Waals surface area contributed by atoms with Crippen molar-refractivity contribution in [3.8, 4) is 0 Å². The van der Waals surface area contributed by atoms with Crippen LogP contribution in [0, 0.1) is 19.8 Å². The average Bonchev–Trinajstić information content (AvgIpc) is 3.14. The van der Waals surface area contributed by atoms with Crippen molar-refractivity contribution >= 4 is 5.91 Å². The van der Waals surface area contributed by atoms with Gasteiger partial charge in [0.15, 0.2) is 0 Å². The van der Waals surface area contributed by atoms with Gasteiger partial charge in [-0.15, -0.1) is 0 Å². The van der Waals surface area contributed by atoms with E-state index in [0.717, 1.165) is 31.6 Å². The standard InChI is InChI=1S/C17H25N5O/c1-13-11-18-19-16(13)10-15-4-3-7-21(12-15)17(23)6-9-22-8-5-14(2)20-22/h5,8,11,15H,3-4,6-7,9-10,12H2,1-2H3,(H,18,19)/t15-/m0/s1. The summed E-state index contributed by atoms with van der Waals surface area (Å²) in [5, 5.41) is 11.5. The number of rotatable bonds is 5. The first-order valence-corrected chi connectivity index (χ1v) is 8.38. The Labute approximate surface area is 136 Å². The van der Waals surface area contributed by atoms with Crippen LogP contribution in [0.4, 0.5) is 0 Å². The molecule has 3 rings (SSSR count). The Morgan fingerprint density at radius 3 is 3.00 bits per heavy atom. The highest BCUT2D eigenvalue weighted by Gasteiger charge is 2.24. The highest BCUT2D eigenvalue weighted by molar-refractivity contribution is 5.76. The molecular formula is C17H25N5O. The van der Waals surface area contributed by atoms with Gasteiger partial charge in [-0.3, -0.25) is 14.6 Å². The van der Waals surface area contributed by atoms with Crippen LogP contribution in [0.3, 0.4) is 0 Å². The monoisotopic (exact) mass is 315 g/mol. The minimum atomic E-state index is 0.240. The van der Waals surface area contributed by atoms with Crippen molar-refractivity contribution in [2.24, 2.45) is 5.92 Å². The molecule has 0 bridgehead atoms. The topological polar surface area (TPSA) is 66.8 Å². The van der Waals surface area contributed by atoms with Crippen LogP contribution in [-0.4, -0.2) is 43.9 Å². The van der Waals surface area contributed by atoms with Crippen LogP contribution in [0.15, 0.2) is 18.5 Å². The first-order valence-electron chi connectivity index (χ1n) is 8.38. The first kappa shape index (κ1) is 15.8. The summed E-state index contributed by atoms with van der Waals surface area (Å²) < 4.78 is 1.85. The van der Waals surface area contributed by atoms with E-state index >= 15 is 0 Å². The van der Waals surface area contributed by atoms with E-state index < -0.39 is 0 Å². The molecule has 1 saturated heterocycles. The lowest BCUT2D eigenvalue weighted by Crippen LogP contribution is -2.40. The third-order valence-electron chi connectivity index (χ3n) is 4.63. The predicted molar refractivity (Wildman–Crippen MR) is 87.9 cm³/mol. The van der Waals surface area contributed by atoms with E-state index in [1.54, 1.807) is 0 Å². The fourth-order valence-corrected chi connectivity index (χ4v) is 3.28. The van der Waals surface area contributed by atoms with Gasteiger partial charge in [0.25, 0.3) is 0 Å². The first-order chi connectivity index (χ1) is 11.1. The van der Waals surface area contributed by atoms with Crippen molar-refractivity contribution in [3.05, 3.63) is 35.4 Å². The molecule has 0 unspecified atom stereocenters. The van der Waals surface area contributed by atoms with Crippen LogP contribution in [0.5, 0.6) is 0 Å². The number of piperidine rings is 1. The number of nitrogens with one attached hydrogen (secondary N) is 1. The van der Waals surface area contributed by atoms with E-state index in [2.05, 4.69) is 22.2 Å². The Balaban J connectivity index is 1.51. The summed E-state index contributed by atoms with van der Waals surface area (Å²) in [5.74, 6) is 0.767. The Morgan fingerprint density at radius 2 is 2.30 bits per heavy atom. The number of nitrogens with zero attached hydrogens (tertiary/aromatic N) is 4. The summed E-state index contributed by atoms with van der Waals surface area (Å²) in [6, 6.07) is 1.97. The van der Waals surface area contributed by atoms with E-state index in [1.165, 1.54) is 17.7 Å². The molecule has 0 aliphatic carbocycles. The van der Waals surface area contributed by atoms with E-state index in [9.17, 15) is 4.79 Å². The van der Waals surface area contributed by atoms with Crippen LogP contribution < -0.4 is 0 Å². The van der Waals surface area contributed by atoms with Gasteiger partial charge in [-0.25, -0.2) is 0 Å². The van der Waals surface area contributed by atoms with E-state index in [-0.39, 0.29) is 5.91 Å². The van der Waals surface area contributed by atoms with Gasteiger partial charge >= 0.3 is 0 Å². The highest BCUT2D eigenvalue weighted by atomic mass is 16.2. The van der Waals surface area contributed by atoms with E-state index in [4.69, 9.17) is 0 Å². The maximum Gasteiger partial charge on any atom is 0.224 e. The molecule has 0 spiro atoms. The molecule has 1 atom stereocenters. The van der Waals surface area contributed by atoms with E-state index in [1.807, 2.05) is 35.0 Å². The zero-order chi connectivity index (χ0) is 16.2. The van der Waals surface area contributed by atoms with Crippen molar-refractivity contribution in [1.82, 2.24) is 24.9 Å². The number of hydrogen-bond donors (Lipinski definition) is 1. The zero-order valence-corrected chi connectivity index (χ0v) is 14.0. The van der Waals surface area contributed by atoms with Gasteiger partial charge in [-0.05, 0) is 50.7 Å². The molecular weight excluding hydrogens is 290 g/mol. The second-order valence-electron chi connectivity index (χ2n) is 6.55. The van der Waals surface area contributed by atoms with Crippen molar-refractivity contribution in [2.75, 3.05) is 13.1 Å². The number of aromatic nitrogens is 4. The summed E-state index contributed by atoms with van der Waals surface area (Å²) in [6.07, 6.45) is 7.58. The van der Waals surface area contributed by atoms with Gasteiger partial charge in [0.05, 0.1) is 11.9 Å². The fourth-order valence-electron chi connectivity index (χ4n) is 3.28. The van der Waals surface area contributed by atoms with Crippen molar-refractivity contribution in [3.63, 3.8) is 0 Å². The number of likely N-dealkylation sites (tertiary alicyclic amines) is 1. The third kappa shape index (κ3) is 4.00. The molecule has 6 nitrogen and oxygen atoms in total. The molecule has 1 N–H and O–H groups in total. The molecule has 2 aromatic rings. The van der Waals surface area contributed by atoms with Crippen molar-refractivity contribution in [2.45, 2.75) is 46.1 Å². The van der Waals surface area contributed by atoms with Crippen LogP contribution in [-0.2, 0) is 17.8 Å². The molecule has 1 aliphatic rings. The predicted octanol–water partition coefficient (Wildman–Crippen LogP) is 2.09. The van der Waals surface area contributed by atoms with Crippen molar-refractivity contribution in [1.29, 1.82) is 0 Å².